The smallest absolute Gasteiger partial charge is 0.407 e. The topological polar surface area (TPSA) is 133 Å². The van der Waals surface area contributed by atoms with Crippen LogP contribution in [0.4, 0.5) is 10.6 Å². The molecular formula is C31H38N4O7S. The first-order valence-electron chi connectivity index (χ1n) is 14.4. The van der Waals surface area contributed by atoms with Gasteiger partial charge >= 0.3 is 6.09 Å². The highest BCUT2D eigenvalue weighted by atomic mass is 32.2. The van der Waals surface area contributed by atoms with Crippen LogP contribution in [-0.2, 0) is 25.6 Å². The molecule has 1 aliphatic carbocycles. The van der Waals surface area contributed by atoms with Crippen LogP contribution in [0.15, 0.2) is 53.4 Å². The molecule has 43 heavy (non-hydrogen) atoms. The third kappa shape index (κ3) is 8.43. The average Bonchev–Trinajstić information content (AvgIpc) is 3.78. The van der Waals surface area contributed by atoms with Crippen molar-refractivity contribution >= 4 is 29.6 Å². The van der Waals surface area contributed by atoms with Crippen molar-refractivity contribution in [2.24, 2.45) is 0 Å². The monoisotopic (exact) mass is 610 g/mol. The van der Waals surface area contributed by atoms with E-state index in [4.69, 9.17) is 23.7 Å². The van der Waals surface area contributed by atoms with E-state index in [1.54, 1.807) is 7.11 Å². The Bertz CT molecular complexity index is 1370. The predicted molar refractivity (Wildman–Crippen MR) is 161 cm³/mol. The van der Waals surface area contributed by atoms with Crippen LogP contribution in [0.25, 0.3) is 0 Å². The number of carbonyl (C=O) groups excluding carboxylic acids is 2. The van der Waals surface area contributed by atoms with Gasteiger partial charge in [-0.2, -0.15) is 5.10 Å². The number of nitrogens with one attached hydrogen (secondary N) is 3. The van der Waals surface area contributed by atoms with Crippen molar-refractivity contribution in [3.05, 3.63) is 65.4 Å². The molecule has 1 saturated carbocycles. The van der Waals surface area contributed by atoms with E-state index in [2.05, 4.69) is 20.8 Å². The molecule has 0 bridgehead atoms. The van der Waals surface area contributed by atoms with E-state index in [1.807, 2.05) is 62.4 Å². The lowest BCUT2D eigenvalue weighted by molar-refractivity contribution is -0.113. The van der Waals surface area contributed by atoms with E-state index >= 15 is 0 Å². The number of hydrogen-bond donors (Lipinski definition) is 3. The lowest BCUT2D eigenvalue weighted by Gasteiger charge is -2.19. The number of ether oxygens (including phenoxy) is 5. The molecule has 0 radical (unpaired) electrons. The molecule has 1 aromatic heterocycles. The van der Waals surface area contributed by atoms with E-state index in [-0.39, 0.29) is 35.8 Å². The Kier molecular flexibility index (Phi) is 10.4. The number of rotatable bonds is 12. The largest absolute Gasteiger partial charge is 0.497 e. The van der Waals surface area contributed by atoms with Crippen LogP contribution in [0, 0.1) is 0 Å². The second-order valence-electron chi connectivity index (χ2n) is 10.8. The maximum atomic E-state index is 12.9. The normalized spacial score (nSPS) is 18.5. The van der Waals surface area contributed by atoms with Crippen molar-refractivity contribution in [3.63, 3.8) is 0 Å². The van der Waals surface area contributed by atoms with Gasteiger partial charge in [0, 0.05) is 28.6 Å². The van der Waals surface area contributed by atoms with Crippen molar-refractivity contribution in [1.29, 1.82) is 0 Å². The first-order valence-corrected chi connectivity index (χ1v) is 15.4. The maximum Gasteiger partial charge on any atom is 0.407 e. The summed E-state index contributed by atoms with van der Waals surface area (Å²) in [6.07, 6.45) is 1.27. The molecule has 12 heteroatoms. The number of nitrogens with zero attached hydrogens (tertiary/aromatic N) is 1. The molecule has 0 unspecified atom stereocenters. The molecule has 2 atom stereocenters. The molecule has 230 valence electrons. The van der Waals surface area contributed by atoms with Gasteiger partial charge in [-0.3, -0.25) is 9.89 Å². The zero-order valence-electron chi connectivity index (χ0n) is 24.6. The number of alkyl carbamates (subject to hydrolysis) is 1. The van der Waals surface area contributed by atoms with Crippen LogP contribution in [0.3, 0.4) is 0 Å². The van der Waals surface area contributed by atoms with Gasteiger partial charge in [0.1, 0.15) is 24.2 Å². The molecule has 3 N–H and O–H groups in total. The molecule has 2 heterocycles. The van der Waals surface area contributed by atoms with Crippen LogP contribution in [0.1, 0.15) is 62.1 Å². The van der Waals surface area contributed by atoms with E-state index in [9.17, 15) is 9.59 Å². The number of amides is 2. The zero-order valence-corrected chi connectivity index (χ0v) is 25.4. The summed E-state index contributed by atoms with van der Waals surface area (Å²) < 4.78 is 28.6. The SMILES string of the molecule is COc1ccc(COc2cccc(SCC(=O)Nc3cc([C@H]4CC[C@@H](OC(=O)NC(C)C)C4)[nH]n3)c2C2OCCO2)cc1. The minimum Gasteiger partial charge on any atom is -0.497 e. The number of carbonyl (C=O) groups is 2. The number of thioether (sulfide) groups is 1. The summed E-state index contributed by atoms with van der Waals surface area (Å²) in [6.45, 7) is 5.13. The highest BCUT2D eigenvalue weighted by molar-refractivity contribution is 8.00. The third-order valence-electron chi connectivity index (χ3n) is 7.17. The highest BCUT2D eigenvalue weighted by Gasteiger charge is 2.30. The highest BCUT2D eigenvalue weighted by Crippen LogP contribution is 2.39. The number of H-pyrrole nitrogens is 1. The van der Waals surface area contributed by atoms with Gasteiger partial charge in [0.2, 0.25) is 5.91 Å². The fraction of sp³-hybridized carbons (Fsp3) is 0.452. The Balaban J connectivity index is 1.16. The summed E-state index contributed by atoms with van der Waals surface area (Å²) >= 11 is 1.38. The van der Waals surface area contributed by atoms with Crippen molar-refractivity contribution in [2.75, 3.05) is 31.4 Å². The summed E-state index contributed by atoms with van der Waals surface area (Å²) in [5, 5.41) is 13.0. The zero-order chi connectivity index (χ0) is 30.2. The number of aromatic nitrogens is 2. The van der Waals surface area contributed by atoms with Gasteiger partial charge in [-0.05, 0) is 62.9 Å². The minimum absolute atomic E-state index is 0.0278. The number of methoxy groups -OCH3 is 1. The average molecular weight is 611 g/mol. The van der Waals surface area contributed by atoms with Gasteiger partial charge in [-0.25, -0.2) is 4.79 Å². The summed E-state index contributed by atoms with van der Waals surface area (Å²) in [6, 6.07) is 15.3. The molecule has 2 aliphatic rings. The van der Waals surface area contributed by atoms with Crippen LogP contribution < -0.4 is 20.1 Å². The predicted octanol–water partition coefficient (Wildman–Crippen LogP) is 5.54. The molecule has 5 rings (SSSR count). The minimum atomic E-state index is -0.567. The Labute approximate surface area is 255 Å². The van der Waals surface area contributed by atoms with Gasteiger partial charge in [0.05, 0.1) is 31.6 Å². The summed E-state index contributed by atoms with van der Waals surface area (Å²) in [5.41, 5.74) is 2.68. The maximum absolute atomic E-state index is 12.9. The van der Waals surface area contributed by atoms with Crippen molar-refractivity contribution in [1.82, 2.24) is 15.5 Å². The number of benzene rings is 2. The summed E-state index contributed by atoms with van der Waals surface area (Å²) in [4.78, 5) is 25.7. The van der Waals surface area contributed by atoms with E-state index in [0.29, 0.717) is 37.8 Å². The van der Waals surface area contributed by atoms with Gasteiger partial charge in [-0.15, -0.1) is 11.8 Å². The molecule has 2 aromatic carbocycles. The van der Waals surface area contributed by atoms with E-state index in [1.165, 1.54) is 11.8 Å². The first-order chi connectivity index (χ1) is 20.9. The number of aromatic amines is 1. The van der Waals surface area contributed by atoms with Crippen LogP contribution in [0.5, 0.6) is 11.5 Å². The molecular weight excluding hydrogens is 572 g/mol. The van der Waals surface area contributed by atoms with Crippen molar-refractivity contribution in [2.45, 2.75) is 69.0 Å². The molecule has 11 nitrogen and oxygen atoms in total. The fourth-order valence-electron chi connectivity index (χ4n) is 5.10. The van der Waals surface area contributed by atoms with Crippen LogP contribution in [0.2, 0.25) is 0 Å². The van der Waals surface area contributed by atoms with Gasteiger partial charge in [0.15, 0.2) is 12.1 Å². The van der Waals surface area contributed by atoms with E-state index < -0.39 is 6.29 Å². The Hall–Kier alpha value is -3.74. The lowest BCUT2D eigenvalue weighted by atomic mass is 10.0. The summed E-state index contributed by atoms with van der Waals surface area (Å²) in [5.74, 6) is 2.04. The quantitative estimate of drug-likeness (QED) is 0.226. The third-order valence-corrected chi connectivity index (χ3v) is 8.24. The summed E-state index contributed by atoms with van der Waals surface area (Å²) in [7, 11) is 1.63. The lowest BCUT2D eigenvalue weighted by Crippen LogP contribution is -2.33. The molecule has 2 fully saturated rings. The standard InChI is InChI=1S/C31H38N4O7S/c1-19(2)32-31(37)42-23-12-9-21(15-23)24-16-27(35-34-24)33-28(36)18-43-26-6-4-5-25(29(26)30-39-13-14-40-30)41-17-20-7-10-22(38-3)11-8-20/h4-8,10-11,16,19,21,23,30H,9,12-15,17-18H2,1-3H3,(H,32,37)(H2,33,34,35,36)/t21-,23+/m0/s1. The second kappa shape index (κ2) is 14.6. The van der Waals surface area contributed by atoms with Gasteiger partial charge < -0.3 is 34.3 Å². The van der Waals surface area contributed by atoms with Crippen LogP contribution >= 0.6 is 11.8 Å². The van der Waals surface area contributed by atoms with Crippen molar-refractivity contribution in [3.8, 4) is 11.5 Å². The van der Waals surface area contributed by atoms with Crippen molar-refractivity contribution < 1.29 is 33.3 Å². The van der Waals surface area contributed by atoms with E-state index in [0.717, 1.165) is 40.3 Å². The molecule has 1 saturated heterocycles. The van der Waals surface area contributed by atoms with Gasteiger partial charge in [0.25, 0.3) is 0 Å². The second-order valence-corrected chi connectivity index (χ2v) is 11.8. The molecule has 0 spiro atoms. The van der Waals surface area contributed by atoms with Gasteiger partial charge in [-0.1, -0.05) is 18.2 Å². The van der Waals surface area contributed by atoms with Crippen LogP contribution in [-0.4, -0.2) is 60.4 Å². The molecule has 3 aromatic rings. The Morgan fingerprint density at radius 2 is 1.91 bits per heavy atom. The molecule has 1 aliphatic heterocycles. The first kappa shape index (κ1) is 30.7. The number of anilines is 1. The molecule has 2 amide bonds. The number of hydrogen-bond acceptors (Lipinski definition) is 9. The Morgan fingerprint density at radius 3 is 2.65 bits per heavy atom. The fourth-order valence-corrected chi connectivity index (χ4v) is 5.98. The Morgan fingerprint density at radius 1 is 1.12 bits per heavy atom.